The van der Waals surface area contributed by atoms with Gasteiger partial charge in [0.15, 0.2) is 6.10 Å². The van der Waals surface area contributed by atoms with Crippen LogP contribution in [0.5, 0.6) is 0 Å². The lowest BCUT2D eigenvalue weighted by Crippen LogP contribution is -2.28. The zero-order valence-corrected chi connectivity index (χ0v) is 13.2. The summed E-state index contributed by atoms with van der Waals surface area (Å²) in [6.45, 7) is 2.49. The largest absolute Gasteiger partial charge is 0.363 e. The first-order valence-corrected chi connectivity index (χ1v) is 7.57. The second kappa shape index (κ2) is 5.95. The number of pyridine rings is 1. The molecule has 1 aliphatic heterocycles. The molecule has 0 saturated carbocycles. The summed E-state index contributed by atoms with van der Waals surface area (Å²) in [5.74, 6) is -0.161. The Hall–Kier alpha value is -1.72. The maximum Gasteiger partial charge on any atom is 0.258 e. The second-order valence-corrected chi connectivity index (χ2v) is 5.77. The minimum Gasteiger partial charge on any atom is -0.363 e. The number of halogens is 1. The van der Waals surface area contributed by atoms with Gasteiger partial charge in [-0.2, -0.15) is 0 Å². The molecule has 4 nitrogen and oxygen atoms in total. The van der Waals surface area contributed by atoms with Crippen LogP contribution < -0.4 is 5.32 Å². The number of ether oxygens (including phenoxy) is 1. The zero-order valence-electron chi connectivity index (χ0n) is 11.6. The lowest BCUT2D eigenvalue weighted by atomic mass is 9.97. The van der Waals surface area contributed by atoms with Crippen LogP contribution in [-0.2, 0) is 16.0 Å². The Kier molecular flexibility index (Phi) is 4.03. The SMILES string of the molecule is Cc1cc(NC(=O)C2OCCc3ccccc32)cnc1Br. The van der Waals surface area contributed by atoms with Crippen LogP contribution >= 0.6 is 15.9 Å². The molecule has 0 spiro atoms. The van der Waals surface area contributed by atoms with Crippen molar-refractivity contribution in [3.8, 4) is 0 Å². The zero-order chi connectivity index (χ0) is 14.8. The van der Waals surface area contributed by atoms with E-state index in [0.29, 0.717) is 12.3 Å². The molecular weight excluding hydrogens is 332 g/mol. The Labute approximate surface area is 131 Å². The van der Waals surface area contributed by atoms with Crippen molar-refractivity contribution in [1.82, 2.24) is 4.98 Å². The van der Waals surface area contributed by atoms with Crippen LogP contribution in [0.2, 0.25) is 0 Å². The average molecular weight is 347 g/mol. The van der Waals surface area contributed by atoms with Gasteiger partial charge in [-0.1, -0.05) is 24.3 Å². The van der Waals surface area contributed by atoms with Crippen molar-refractivity contribution in [2.24, 2.45) is 0 Å². The predicted octanol–water partition coefficient (Wildman–Crippen LogP) is 3.41. The molecule has 1 N–H and O–H groups in total. The molecule has 108 valence electrons. The van der Waals surface area contributed by atoms with Crippen molar-refractivity contribution in [2.45, 2.75) is 19.4 Å². The standard InChI is InChI=1S/C16H15BrN2O2/c1-10-8-12(9-18-15(10)17)19-16(20)14-13-5-3-2-4-11(13)6-7-21-14/h2-5,8-9,14H,6-7H2,1H3,(H,19,20). The van der Waals surface area contributed by atoms with Gasteiger partial charge in [-0.05, 0) is 52.0 Å². The highest BCUT2D eigenvalue weighted by molar-refractivity contribution is 9.10. The number of nitrogens with one attached hydrogen (secondary N) is 1. The number of carbonyl (C=O) groups excluding carboxylic acids is 1. The topological polar surface area (TPSA) is 51.2 Å². The van der Waals surface area contributed by atoms with E-state index in [1.165, 1.54) is 5.56 Å². The maximum absolute atomic E-state index is 12.5. The van der Waals surface area contributed by atoms with Crippen molar-refractivity contribution in [2.75, 3.05) is 11.9 Å². The quantitative estimate of drug-likeness (QED) is 0.847. The Morgan fingerprint density at radius 1 is 1.43 bits per heavy atom. The van der Waals surface area contributed by atoms with E-state index in [4.69, 9.17) is 4.74 Å². The van der Waals surface area contributed by atoms with Crippen molar-refractivity contribution < 1.29 is 9.53 Å². The molecule has 1 unspecified atom stereocenters. The first kappa shape index (κ1) is 14.2. The molecular formula is C16H15BrN2O2. The lowest BCUT2D eigenvalue weighted by Gasteiger charge is -2.25. The molecule has 0 bridgehead atoms. The van der Waals surface area contributed by atoms with Gasteiger partial charge in [-0.25, -0.2) is 4.98 Å². The third-order valence-corrected chi connectivity index (χ3v) is 4.34. The first-order valence-electron chi connectivity index (χ1n) is 6.77. The summed E-state index contributed by atoms with van der Waals surface area (Å²) >= 11 is 3.35. The van der Waals surface area contributed by atoms with Gasteiger partial charge in [0.2, 0.25) is 0 Å². The number of carbonyl (C=O) groups is 1. The molecule has 1 aromatic carbocycles. The Bertz CT molecular complexity index is 688. The van der Waals surface area contributed by atoms with Gasteiger partial charge in [0.1, 0.15) is 4.60 Å². The summed E-state index contributed by atoms with van der Waals surface area (Å²) in [5.41, 5.74) is 3.77. The van der Waals surface area contributed by atoms with Crippen molar-refractivity contribution in [1.29, 1.82) is 0 Å². The molecule has 1 atom stereocenters. The van der Waals surface area contributed by atoms with Gasteiger partial charge in [-0.3, -0.25) is 4.79 Å². The summed E-state index contributed by atoms with van der Waals surface area (Å²) in [6.07, 6.45) is 1.92. The van der Waals surface area contributed by atoms with Crippen LogP contribution in [0.25, 0.3) is 0 Å². The van der Waals surface area contributed by atoms with E-state index in [-0.39, 0.29) is 5.91 Å². The van der Waals surface area contributed by atoms with E-state index < -0.39 is 6.10 Å². The van der Waals surface area contributed by atoms with Crippen LogP contribution in [0.1, 0.15) is 22.8 Å². The van der Waals surface area contributed by atoms with E-state index in [2.05, 4.69) is 26.2 Å². The fraction of sp³-hybridized carbons (Fsp3) is 0.250. The molecule has 5 heteroatoms. The molecule has 0 fully saturated rings. The summed E-state index contributed by atoms with van der Waals surface area (Å²) in [5, 5.41) is 2.87. The van der Waals surface area contributed by atoms with Gasteiger partial charge < -0.3 is 10.1 Å². The van der Waals surface area contributed by atoms with Crippen LogP contribution in [0.3, 0.4) is 0 Å². The van der Waals surface area contributed by atoms with Crippen molar-refractivity contribution >= 4 is 27.5 Å². The average Bonchev–Trinajstić information content (AvgIpc) is 2.50. The van der Waals surface area contributed by atoms with Gasteiger partial charge in [-0.15, -0.1) is 0 Å². The summed E-state index contributed by atoms with van der Waals surface area (Å²) < 4.78 is 6.43. The molecule has 1 aromatic heterocycles. The second-order valence-electron chi connectivity index (χ2n) is 5.02. The Morgan fingerprint density at radius 3 is 3.05 bits per heavy atom. The molecule has 0 aliphatic carbocycles. The molecule has 0 radical (unpaired) electrons. The smallest absolute Gasteiger partial charge is 0.258 e. The fourth-order valence-corrected chi connectivity index (χ4v) is 2.66. The minimum atomic E-state index is -0.557. The van der Waals surface area contributed by atoms with E-state index in [1.54, 1.807) is 6.20 Å². The fourth-order valence-electron chi connectivity index (χ4n) is 2.45. The Balaban J connectivity index is 1.81. The number of anilines is 1. The summed E-state index contributed by atoms with van der Waals surface area (Å²) in [6, 6.07) is 9.79. The van der Waals surface area contributed by atoms with Gasteiger partial charge in [0.25, 0.3) is 5.91 Å². The highest BCUT2D eigenvalue weighted by Gasteiger charge is 2.27. The number of benzene rings is 1. The number of aryl methyl sites for hydroxylation is 1. The third-order valence-electron chi connectivity index (χ3n) is 3.51. The van der Waals surface area contributed by atoms with E-state index in [9.17, 15) is 4.79 Å². The van der Waals surface area contributed by atoms with E-state index >= 15 is 0 Å². The first-order chi connectivity index (χ1) is 10.1. The van der Waals surface area contributed by atoms with E-state index in [0.717, 1.165) is 22.2 Å². The van der Waals surface area contributed by atoms with Gasteiger partial charge in [0, 0.05) is 0 Å². The maximum atomic E-state index is 12.5. The predicted molar refractivity (Wildman–Crippen MR) is 84.1 cm³/mol. The van der Waals surface area contributed by atoms with Crippen LogP contribution in [0, 0.1) is 6.92 Å². The summed E-state index contributed by atoms with van der Waals surface area (Å²) in [4.78, 5) is 16.6. The normalized spacial score (nSPS) is 17.1. The molecule has 1 amide bonds. The molecule has 2 aromatic rings. The minimum absolute atomic E-state index is 0.161. The Morgan fingerprint density at radius 2 is 2.24 bits per heavy atom. The number of rotatable bonds is 2. The number of aromatic nitrogens is 1. The van der Waals surface area contributed by atoms with Crippen LogP contribution in [0.4, 0.5) is 5.69 Å². The summed E-state index contributed by atoms with van der Waals surface area (Å²) in [7, 11) is 0. The highest BCUT2D eigenvalue weighted by atomic mass is 79.9. The number of hydrogen-bond acceptors (Lipinski definition) is 3. The van der Waals surface area contributed by atoms with Gasteiger partial charge in [0.05, 0.1) is 18.5 Å². The van der Waals surface area contributed by atoms with E-state index in [1.807, 2.05) is 37.3 Å². The molecule has 2 heterocycles. The monoisotopic (exact) mass is 346 g/mol. The lowest BCUT2D eigenvalue weighted by molar-refractivity contribution is -0.128. The molecule has 0 saturated heterocycles. The van der Waals surface area contributed by atoms with Gasteiger partial charge >= 0.3 is 0 Å². The van der Waals surface area contributed by atoms with Crippen LogP contribution in [0.15, 0.2) is 41.1 Å². The molecule has 3 rings (SSSR count). The molecule has 1 aliphatic rings. The number of amides is 1. The number of nitrogens with zero attached hydrogens (tertiary/aromatic N) is 1. The van der Waals surface area contributed by atoms with Crippen molar-refractivity contribution in [3.05, 3.63) is 57.8 Å². The third kappa shape index (κ3) is 2.99. The highest BCUT2D eigenvalue weighted by Crippen LogP contribution is 2.28. The number of fused-ring (bicyclic) bond motifs is 1. The molecule has 21 heavy (non-hydrogen) atoms. The van der Waals surface area contributed by atoms with Crippen LogP contribution in [-0.4, -0.2) is 17.5 Å². The van der Waals surface area contributed by atoms with Crippen molar-refractivity contribution in [3.63, 3.8) is 0 Å². The number of hydrogen-bond donors (Lipinski definition) is 1.